The molecule has 5 nitrogen and oxygen atoms in total. The van der Waals surface area contributed by atoms with Crippen molar-refractivity contribution in [2.24, 2.45) is 0 Å². The van der Waals surface area contributed by atoms with E-state index in [1.165, 1.54) is 4.90 Å². The molecule has 1 aliphatic rings. The Hall–Kier alpha value is -2.48. The zero-order chi connectivity index (χ0) is 16.3. The van der Waals surface area contributed by atoms with Gasteiger partial charge in [0.15, 0.2) is 17.1 Å². The molecule has 0 spiro atoms. The van der Waals surface area contributed by atoms with Crippen LogP contribution in [-0.4, -0.2) is 30.9 Å². The van der Waals surface area contributed by atoms with Crippen LogP contribution in [0.15, 0.2) is 12.1 Å². The molecule has 1 heterocycles. The molecule has 0 bridgehead atoms. The molecule has 22 heavy (non-hydrogen) atoms. The number of nitrogens with zero attached hydrogens (tertiary/aromatic N) is 1. The fourth-order valence-corrected chi connectivity index (χ4v) is 2.28. The van der Waals surface area contributed by atoms with Gasteiger partial charge in [0, 0.05) is 5.56 Å². The second-order valence-corrected chi connectivity index (χ2v) is 5.54. The second-order valence-electron chi connectivity index (χ2n) is 5.54. The van der Waals surface area contributed by atoms with Crippen LogP contribution in [0.2, 0.25) is 0 Å². The number of fused-ring (bicyclic) bond motifs is 1. The van der Waals surface area contributed by atoms with Crippen molar-refractivity contribution in [3.05, 3.63) is 17.7 Å². The Morgan fingerprint density at radius 1 is 1.45 bits per heavy atom. The number of carbonyl (C=O) groups excluding carboxylic acids is 2. The molecule has 1 aliphatic heterocycles. The first-order valence-electron chi connectivity index (χ1n) is 7.15. The van der Waals surface area contributed by atoms with Gasteiger partial charge in [-0.3, -0.25) is 14.5 Å². The lowest BCUT2D eigenvalue weighted by Crippen LogP contribution is -2.52. The third kappa shape index (κ3) is 2.77. The quantitative estimate of drug-likeness (QED) is 0.619. The number of anilines is 1. The van der Waals surface area contributed by atoms with Crippen molar-refractivity contribution in [3.8, 4) is 23.8 Å². The maximum atomic E-state index is 12.5. The number of amides is 1. The summed E-state index contributed by atoms with van der Waals surface area (Å²) < 4.78 is 11.5. The molecule has 1 aromatic rings. The summed E-state index contributed by atoms with van der Waals surface area (Å²) in [5, 5.41) is 0. The lowest BCUT2D eigenvalue weighted by atomic mass is 10.0. The third-order valence-corrected chi connectivity index (χ3v) is 3.31. The normalized spacial score (nSPS) is 15.5. The van der Waals surface area contributed by atoms with Gasteiger partial charge in [0.1, 0.15) is 6.29 Å². The molecule has 0 N–H and O–H groups in total. The summed E-state index contributed by atoms with van der Waals surface area (Å²) in [7, 11) is 0. The molecular formula is C17H19NO4. The minimum atomic E-state index is -1.04. The van der Waals surface area contributed by atoms with E-state index in [1.54, 1.807) is 26.0 Å². The SMILES string of the molecule is C#CCN1C(=O)C(C)(C)Oc2c(OCCC)cc(C=O)cc21. The molecule has 116 valence electrons. The highest BCUT2D eigenvalue weighted by atomic mass is 16.5. The summed E-state index contributed by atoms with van der Waals surface area (Å²) in [6.07, 6.45) is 6.89. The number of aldehydes is 1. The topological polar surface area (TPSA) is 55.8 Å². The third-order valence-electron chi connectivity index (χ3n) is 3.31. The van der Waals surface area contributed by atoms with E-state index in [0.717, 1.165) is 6.42 Å². The summed E-state index contributed by atoms with van der Waals surface area (Å²) >= 11 is 0. The Bertz CT molecular complexity index is 643. The first-order chi connectivity index (χ1) is 10.4. The fraction of sp³-hybridized carbons (Fsp3) is 0.412. The Labute approximate surface area is 130 Å². The predicted octanol–water partition coefficient (Wildman–Crippen LogP) is 2.43. The minimum Gasteiger partial charge on any atom is -0.490 e. The molecule has 0 fully saturated rings. The van der Waals surface area contributed by atoms with Crippen LogP contribution in [0, 0.1) is 12.3 Å². The maximum absolute atomic E-state index is 12.5. The van der Waals surface area contributed by atoms with Gasteiger partial charge in [-0.25, -0.2) is 0 Å². The number of terminal acetylenes is 1. The van der Waals surface area contributed by atoms with E-state index >= 15 is 0 Å². The van der Waals surface area contributed by atoms with Crippen molar-refractivity contribution in [3.63, 3.8) is 0 Å². The van der Waals surface area contributed by atoms with Crippen LogP contribution in [0.5, 0.6) is 11.5 Å². The van der Waals surface area contributed by atoms with E-state index in [2.05, 4.69) is 5.92 Å². The summed E-state index contributed by atoms with van der Waals surface area (Å²) in [4.78, 5) is 25.1. The number of hydrogen-bond acceptors (Lipinski definition) is 4. The standard InChI is InChI=1S/C17H19NO4/c1-5-7-18-13-9-12(11-19)10-14(21-8-6-2)15(13)22-17(3,4)16(18)20/h1,9-11H,6-8H2,2-4H3. The van der Waals surface area contributed by atoms with E-state index in [0.29, 0.717) is 35.6 Å². The largest absolute Gasteiger partial charge is 0.490 e. The van der Waals surface area contributed by atoms with Crippen LogP contribution in [0.3, 0.4) is 0 Å². The molecule has 0 unspecified atom stereocenters. The van der Waals surface area contributed by atoms with Crippen LogP contribution in [0.4, 0.5) is 5.69 Å². The highest BCUT2D eigenvalue weighted by Crippen LogP contribution is 2.45. The average Bonchev–Trinajstić information content (AvgIpc) is 2.49. The van der Waals surface area contributed by atoms with Gasteiger partial charge in [-0.1, -0.05) is 12.8 Å². The fourth-order valence-electron chi connectivity index (χ4n) is 2.28. The predicted molar refractivity (Wildman–Crippen MR) is 83.5 cm³/mol. The Morgan fingerprint density at radius 3 is 2.77 bits per heavy atom. The van der Waals surface area contributed by atoms with Gasteiger partial charge in [0.05, 0.1) is 18.8 Å². The molecule has 0 aromatic heterocycles. The van der Waals surface area contributed by atoms with E-state index < -0.39 is 5.60 Å². The molecule has 0 saturated heterocycles. The zero-order valence-corrected chi connectivity index (χ0v) is 13.0. The number of hydrogen-bond donors (Lipinski definition) is 0. The van der Waals surface area contributed by atoms with Crippen LogP contribution in [0.1, 0.15) is 37.6 Å². The molecule has 0 aliphatic carbocycles. The van der Waals surface area contributed by atoms with E-state index in [-0.39, 0.29) is 12.5 Å². The van der Waals surface area contributed by atoms with Crippen molar-refractivity contribution in [2.45, 2.75) is 32.8 Å². The van der Waals surface area contributed by atoms with E-state index in [9.17, 15) is 9.59 Å². The Kier molecular flexibility index (Phi) is 4.41. The highest BCUT2D eigenvalue weighted by Gasteiger charge is 2.42. The van der Waals surface area contributed by atoms with Gasteiger partial charge in [-0.15, -0.1) is 6.42 Å². The Morgan fingerprint density at radius 2 is 2.18 bits per heavy atom. The van der Waals surface area contributed by atoms with Crippen molar-refractivity contribution in [1.29, 1.82) is 0 Å². The van der Waals surface area contributed by atoms with Gasteiger partial charge in [-0.2, -0.15) is 0 Å². The molecule has 0 saturated carbocycles. The summed E-state index contributed by atoms with van der Waals surface area (Å²) in [6.45, 7) is 5.93. The summed E-state index contributed by atoms with van der Waals surface area (Å²) in [6, 6.07) is 3.20. The minimum absolute atomic E-state index is 0.105. The van der Waals surface area contributed by atoms with E-state index in [1.807, 2.05) is 6.92 Å². The zero-order valence-electron chi connectivity index (χ0n) is 13.0. The van der Waals surface area contributed by atoms with Crippen molar-refractivity contribution >= 4 is 17.9 Å². The average molecular weight is 301 g/mol. The van der Waals surface area contributed by atoms with Gasteiger partial charge in [0.25, 0.3) is 5.91 Å². The van der Waals surface area contributed by atoms with Crippen LogP contribution < -0.4 is 14.4 Å². The highest BCUT2D eigenvalue weighted by molar-refractivity contribution is 6.04. The van der Waals surface area contributed by atoms with Gasteiger partial charge < -0.3 is 9.47 Å². The molecule has 1 aromatic carbocycles. The van der Waals surface area contributed by atoms with Crippen LogP contribution in [-0.2, 0) is 4.79 Å². The first kappa shape index (κ1) is 15.9. The van der Waals surface area contributed by atoms with Crippen molar-refractivity contribution in [2.75, 3.05) is 18.1 Å². The number of rotatable bonds is 5. The summed E-state index contributed by atoms with van der Waals surface area (Å²) in [5.41, 5.74) is -0.169. The second kappa shape index (κ2) is 6.10. The van der Waals surface area contributed by atoms with Gasteiger partial charge >= 0.3 is 0 Å². The van der Waals surface area contributed by atoms with Crippen LogP contribution >= 0.6 is 0 Å². The monoisotopic (exact) mass is 301 g/mol. The van der Waals surface area contributed by atoms with Crippen LogP contribution in [0.25, 0.3) is 0 Å². The number of ether oxygens (including phenoxy) is 2. The Balaban J connectivity index is 2.61. The first-order valence-corrected chi connectivity index (χ1v) is 7.15. The lowest BCUT2D eigenvalue weighted by Gasteiger charge is -2.38. The maximum Gasteiger partial charge on any atom is 0.271 e. The molecule has 5 heteroatoms. The molecular weight excluding hydrogens is 282 g/mol. The molecule has 0 radical (unpaired) electrons. The van der Waals surface area contributed by atoms with Gasteiger partial charge in [-0.05, 0) is 32.4 Å². The van der Waals surface area contributed by atoms with E-state index in [4.69, 9.17) is 15.9 Å². The van der Waals surface area contributed by atoms with Crippen molar-refractivity contribution < 1.29 is 19.1 Å². The molecule has 2 rings (SSSR count). The summed E-state index contributed by atoms with van der Waals surface area (Å²) in [5.74, 6) is 3.11. The molecule has 0 atom stereocenters. The van der Waals surface area contributed by atoms with Gasteiger partial charge in [0.2, 0.25) is 0 Å². The number of carbonyl (C=O) groups is 2. The molecule has 1 amide bonds. The lowest BCUT2D eigenvalue weighted by molar-refractivity contribution is -0.132. The number of benzene rings is 1. The van der Waals surface area contributed by atoms with Crippen molar-refractivity contribution in [1.82, 2.24) is 0 Å². The smallest absolute Gasteiger partial charge is 0.271 e.